The highest BCUT2D eigenvalue weighted by Crippen LogP contribution is 2.71. The van der Waals surface area contributed by atoms with Gasteiger partial charge in [-0.2, -0.15) is 10.5 Å². The minimum Gasteiger partial charge on any atom is -0.289 e. The van der Waals surface area contributed by atoms with Gasteiger partial charge in [-0.05, 0) is 240 Å². The molecule has 0 aliphatic heterocycles. The van der Waals surface area contributed by atoms with Crippen LogP contribution in [0.1, 0.15) is 391 Å². The Morgan fingerprint density at radius 3 is 0.836 bits per heavy atom. The molecule has 14 heteroatoms. The second kappa shape index (κ2) is 43.9. The first-order chi connectivity index (χ1) is 62.4. The molecule has 0 saturated carbocycles. The zero-order valence-electron chi connectivity index (χ0n) is 76.6. The van der Waals surface area contributed by atoms with E-state index >= 15 is 27.2 Å². The molecule has 4 aromatic heterocycles. The minimum absolute atomic E-state index is 0.00796. The molecule has 10 aromatic rings. The van der Waals surface area contributed by atoms with E-state index in [2.05, 4.69) is 151 Å². The number of halogens is 4. The third-order valence-electron chi connectivity index (χ3n) is 27.2. The molecule has 0 unspecified atom stereocenters. The number of hydrogen-bond acceptors (Lipinski definition) is 9. The van der Waals surface area contributed by atoms with Gasteiger partial charge in [0.2, 0.25) is 0 Å². The monoisotopic (exact) mass is 1780 g/mol. The van der Waals surface area contributed by atoms with Gasteiger partial charge in [-0.15, -0.1) is 45.3 Å². The highest BCUT2D eigenvalue weighted by molar-refractivity contribution is 7.34. The van der Waals surface area contributed by atoms with E-state index in [9.17, 15) is 15.8 Å². The van der Waals surface area contributed by atoms with Gasteiger partial charge in [-0.1, -0.05) is 282 Å². The fourth-order valence-corrected chi connectivity index (χ4v) is 26.5. The number of nitrogens with zero attached hydrogens (tertiary/aromatic N) is 4. The van der Waals surface area contributed by atoms with E-state index < -0.39 is 45.7 Å². The number of thiophene rings is 4. The number of rotatable bonds is 46. The lowest BCUT2D eigenvalue weighted by Gasteiger charge is -2.35. The van der Waals surface area contributed by atoms with Crippen molar-refractivity contribution in [2.75, 3.05) is 0 Å². The number of nitriles is 3. The van der Waals surface area contributed by atoms with Crippen molar-refractivity contribution in [2.24, 2.45) is 0 Å². The number of unbranched alkanes of at least 4 members (excludes halogenated alkanes) is 24. The Kier molecular flexibility index (Phi) is 32.4. The van der Waals surface area contributed by atoms with Gasteiger partial charge in [-0.25, -0.2) is 27.7 Å². The van der Waals surface area contributed by atoms with Crippen molar-refractivity contribution in [2.45, 2.75) is 323 Å². The van der Waals surface area contributed by atoms with Gasteiger partial charge in [0.05, 0.1) is 52.4 Å². The number of aryl methyl sites for hydroxylation is 8. The Bertz CT molecular complexity index is 5430. The summed E-state index contributed by atoms with van der Waals surface area (Å²) in [5, 5.41) is 32.5. The zero-order chi connectivity index (χ0) is 90.2. The topological polar surface area (TPSA) is 110 Å². The van der Waals surface area contributed by atoms with Crippen LogP contribution in [0.15, 0.2) is 132 Å². The lowest BCUT2D eigenvalue weighted by atomic mass is 9.65. The van der Waals surface area contributed by atoms with Crippen LogP contribution in [-0.4, -0.2) is 11.6 Å². The van der Waals surface area contributed by atoms with E-state index in [0.29, 0.717) is 9.75 Å². The van der Waals surface area contributed by atoms with Crippen LogP contribution in [0.5, 0.6) is 0 Å². The Morgan fingerprint density at radius 2 is 0.586 bits per heavy atom. The quantitative estimate of drug-likeness (QED) is 0.0124. The van der Waals surface area contributed by atoms with Gasteiger partial charge in [0, 0.05) is 54.3 Å². The average Bonchev–Trinajstić information content (AvgIpc) is 1.48. The average molecular weight is 1790 g/mol. The first-order valence-electron chi connectivity index (χ1n) is 48.4. The van der Waals surface area contributed by atoms with E-state index in [-0.39, 0.29) is 55.8 Å². The molecule has 128 heavy (non-hydrogen) atoms. The molecule has 0 radical (unpaired) electrons. The largest absolute Gasteiger partial charge is 0.289 e. The van der Waals surface area contributed by atoms with Crippen LogP contribution in [0, 0.1) is 63.8 Å². The van der Waals surface area contributed by atoms with Crippen LogP contribution in [0.2, 0.25) is 0 Å². The number of Topliss-reactive ketones (excluding diaryl/α,β-unsaturated/α-hetero) is 2. The molecular formula is C114H124F4N4O2S4. The molecule has 0 spiro atoms. The van der Waals surface area contributed by atoms with E-state index in [0.717, 1.165) is 321 Å². The van der Waals surface area contributed by atoms with Crippen LogP contribution < -0.4 is 0 Å². The normalized spacial score (nSPS) is 14.8. The first kappa shape index (κ1) is 94.5. The number of benzene rings is 6. The number of fused-ring (bicyclic) bond motifs is 11. The molecule has 0 N–H and O–H groups in total. The molecule has 4 aliphatic rings. The highest BCUT2D eigenvalue weighted by atomic mass is 32.1. The van der Waals surface area contributed by atoms with Gasteiger partial charge < -0.3 is 0 Å². The SMILES string of the molecule is [C-]#[N+]/C(C#N)=C1/C(=C/c2cc3c(s2)-c2sc4c5c(sc4c2C3(c2cc(CCCCCC)cc(CCCCCC)c2)c2cc(CCCCCC)cc(CCCCCC)c2)-c2sc(/C=C3\C(=O)c4cc(F)c(F)cc4C3=C(C#N)C#N)cc2C5(c2cc(CCCCCC)cc(CCCCCC)c2)c2cc(CCCCCC)cc(CCCCCC)c2)C(=O)c2cc(F)c(F)cc21. The molecule has 0 bridgehead atoms. The standard InChI is InChI=1S/C114H124F4N4O2S4/c1-10-18-26-34-42-73-50-74(43-35-27-19-11-2)55-82(54-73)113(83-56-75(44-36-28-20-12-3)51-76(57-83)45-37-29-21-13-4)94-64-86(62-92-101(81(70-119)71-120)88-66-96(115)98(117)68-90(88)105(92)123)125-107(94)109-103(113)111-112(127-109)104-110(128-111)108-95(65-87(126-108)63-93-102(100(72-121)122-9)89-67-97(116)99(118)69-91(89)106(93)124)114(104,84-58-77(46-38-30-22-14-5)52-78(59-84)47-39-31-23-15-6)85-60-79(48-40-32-24-16-7)53-80(61-85)49-41-33-25-17-8/h50-69H,10-49H2,1-8H3/b92-62-,93-63-,102-100+. The number of hydrogen-bond donors (Lipinski definition) is 0. The molecule has 6 nitrogen and oxygen atoms in total. The molecule has 4 heterocycles. The summed E-state index contributed by atoms with van der Waals surface area (Å²) in [4.78, 5) is 40.1. The number of allylic oxidation sites excluding steroid dienone is 6. The van der Waals surface area contributed by atoms with Crippen LogP contribution in [-0.2, 0) is 62.2 Å². The summed E-state index contributed by atoms with van der Waals surface area (Å²) in [6.45, 7) is 26.5. The lowest BCUT2D eigenvalue weighted by molar-refractivity contribution is 0.103. The molecule has 0 amide bonds. The van der Waals surface area contributed by atoms with Gasteiger partial charge in [0.25, 0.3) is 5.70 Å². The lowest BCUT2D eigenvalue weighted by Crippen LogP contribution is -2.30. The molecule has 0 fully saturated rings. The van der Waals surface area contributed by atoms with Gasteiger partial charge in [0.15, 0.2) is 34.8 Å². The number of ketones is 2. The predicted octanol–water partition coefficient (Wildman–Crippen LogP) is 33.9. The zero-order valence-corrected chi connectivity index (χ0v) is 79.8. The Balaban J connectivity index is 1.18. The Hall–Kier alpha value is -9.64. The van der Waals surface area contributed by atoms with E-state index in [1.54, 1.807) is 34.8 Å². The van der Waals surface area contributed by atoms with Crippen LogP contribution >= 0.6 is 45.3 Å². The molecular weight excluding hydrogens is 1660 g/mol. The smallest absolute Gasteiger partial charge is 0.270 e. The summed E-state index contributed by atoms with van der Waals surface area (Å²) in [5.41, 5.74) is 16.5. The Morgan fingerprint density at radius 1 is 0.328 bits per heavy atom. The van der Waals surface area contributed by atoms with Crippen molar-refractivity contribution in [3.8, 4) is 37.7 Å². The van der Waals surface area contributed by atoms with Crippen LogP contribution in [0.3, 0.4) is 0 Å². The van der Waals surface area contributed by atoms with E-state index in [4.69, 9.17) is 6.57 Å². The maximum Gasteiger partial charge on any atom is 0.270 e. The number of carbonyl (C=O) groups is 2. The fourth-order valence-electron chi connectivity index (χ4n) is 20.8. The van der Waals surface area contributed by atoms with Crippen LogP contribution in [0.4, 0.5) is 17.6 Å². The van der Waals surface area contributed by atoms with Crippen molar-refractivity contribution in [3.63, 3.8) is 0 Å². The third kappa shape index (κ3) is 19.4. The minimum atomic E-state index is -1.20. The fraction of sp³-hybridized carbons (Fsp3) is 0.439. The maximum atomic E-state index is 15.8. The van der Waals surface area contributed by atoms with Crippen molar-refractivity contribution < 1.29 is 27.2 Å². The van der Waals surface area contributed by atoms with Gasteiger partial charge in [-0.3, -0.25) is 9.59 Å². The summed E-state index contributed by atoms with van der Waals surface area (Å²) in [5.74, 6) is -5.95. The second-order valence-corrected chi connectivity index (χ2v) is 40.7. The van der Waals surface area contributed by atoms with Gasteiger partial charge in [0.1, 0.15) is 17.7 Å². The van der Waals surface area contributed by atoms with Crippen LogP contribution in [0.25, 0.3) is 57.1 Å². The summed E-state index contributed by atoms with van der Waals surface area (Å²) in [6.07, 6.45) is 45.5. The van der Waals surface area contributed by atoms with Crippen molar-refractivity contribution >= 4 is 89.6 Å². The third-order valence-corrected chi connectivity index (χ3v) is 32.2. The van der Waals surface area contributed by atoms with Crippen molar-refractivity contribution in [1.29, 1.82) is 15.8 Å². The summed E-state index contributed by atoms with van der Waals surface area (Å²) in [6, 6.07) is 44.8. The predicted molar refractivity (Wildman–Crippen MR) is 527 cm³/mol. The second-order valence-electron chi connectivity index (χ2n) is 36.5. The van der Waals surface area contributed by atoms with Gasteiger partial charge >= 0.3 is 0 Å². The summed E-state index contributed by atoms with van der Waals surface area (Å²) in [7, 11) is 0. The summed E-state index contributed by atoms with van der Waals surface area (Å²) >= 11 is 6.91. The molecule has 664 valence electrons. The number of carbonyl (C=O) groups excluding carboxylic acids is 2. The van der Waals surface area contributed by atoms with Crippen molar-refractivity contribution in [3.05, 3.63) is 287 Å². The maximum absolute atomic E-state index is 15.8. The van der Waals surface area contributed by atoms with E-state index in [1.807, 2.05) is 34.8 Å². The molecule has 14 rings (SSSR count). The molecule has 4 aliphatic carbocycles. The summed E-state index contributed by atoms with van der Waals surface area (Å²) < 4.78 is 65.2. The highest BCUT2D eigenvalue weighted by Gasteiger charge is 2.56. The van der Waals surface area contributed by atoms with Crippen molar-refractivity contribution in [1.82, 2.24) is 0 Å². The first-order valence-corrected chi connectivity index (χ1v) is 51.7. The molecule has 0 atom stereocenters. The van der Waals surface area contributed by atoms with E-state index in [1.165, 1.54) is 77.9 Å². The Labute approximate surface area is 774 Å². The molecule has 6 aromatic carbocycles. The molecule has 0 saturated heterocycles.